The second kappa shape index (κ2) is 34.7. The van der Waals surface area contributed by atoms with Crippen molar-refractivity contribution in [3.8, 4) is 0 Å². The van der Waals surface area contributed by atoms with Crippen LogP contribution in [-0.2, 0) is 56.6 Å². The van der Waals surface area contributed by atoms with Crippen molar-refractivity contribution in [1.29, 1.82) is 0 Å². The van der Waals surface area contributed by atoms with Crippen LogP contribution in [0, 0.1) is 0 Å². The van der Waals surface area contributed by atoms with Crippen molar-refractivity contribution in [3.63, 3.8) is 0 Å². The van der Waals surface area contributed by atoms with Crippen LogP contribution < -0.4 is 16.0 Å². The second-order valence-electron chi connectivity index (χ2n) is 22.7. The number of aromatic nitrogens is 6. The van der Waals surface area contributed by atoms with E-state index in [1.807, 2.05) is 115 Å². The summed E-state index contributed by atoms with van der Waals surface area (Å²) in [6.45, 7) is 0.418. The SMILES string of the molecule is O=P(Cl)(Cl)CP(=O)(Cl)Cl.O=P(O)(O)CP(=O)(O)OC[C@H]1O[C@@H](c2ccc3c(NCc4ccccc4)ncnc3c2)[C@H](O)[C@@H]1O.OC[C@H]1O[C@@H](c2ccc3c(NCc4ccccc4)nc(Cl)nc3c2)[C@H](O)[C@@H]1O.OC[C@H]1O[C@@H](c2ccc3c(NCc4ccccc4)ncnc3c2)[C@H](O)[C@@H]1O. The van der Waals surface area contributed by atoms with Gasteiger partial charge < -0.3 is 90.2 Å². The van der Waals surface area contributed by atoms with E-state index < -0.39 is 119 Å². The highest BCUT2D eigenvalue weighted by atomic mass is 35.9. The van der Waals surface area contributed by atoms with Gasteiger partial charge in [0.1, 0.15) is 109 Å². The van der Waals surface area contributed by atoms with Gasteiger partial charge in [-0.1, -0.05) is 109 Å². The van der Waals surface area contributed by atoms with Crippen LogP contribution in [-0.4, -0.2) is 172 Å². The minimum Gasteiger partial charge on any atom is -0.394 e. The number of halogens is 5. The van der Waals surface area contributed by atoms with Crippen molar-refractivity contribution in [1.82, 2.24) is 29.9 Å². The highest BCUT2D eigenvalue weighted by Crippen LogP contribution is 2.72. The lowest BCUT2D eigenvalue weighted by Gasteiger charge is -2.18. The Bertz CT molecular complexity index is 4360. The van der Waals surface area contributed by atoms with E-state index in [0.29, 0.717) is 64.5 Å². The summed E-state index contributed by atoms with van der Waals surface area (Å²) in [5.41, 5.74) is 7.02. The largest absolute Gasteiger partial charge is 0.394 e. The van der Waals surface area contributed by atoms with E-state index in [4.69, 9.17) is 85.1 Å². The summed E-state index contributed by atoms with van der Waals surface area (Å²) in [4.78, 5) is 53.2. The molecule has 3 fully saturated rings. The summed E-state index contributed by atoms with van der Waals surface area (Å²) in [5, 5.41) is 92.1. The number of rotatable bonds is 21. The lowest BCUT2D eigenvalue weighted by Crippen LogP contribution is -2.33. The first-order chi connectivity index (χ1) is 47.0. The molecule has 13 atom stereocenters. The fraction of sp³-hybridized carbons (Fsp3) is 0.323. The van der Waals surface area contributed by atoms with Gasteiger partial charge in [0.05, 0.1) is 36.4 Å². The molecular formula is C62H68Cl5N9O19P4. The summed E-state index contributed by atoms with van der Waals surface area (Å²) in [7, 11) is -9.43. The van der Waals surface area contributed by atoms with Gasteiger partial charge in [0.2, 0.25) is 5.28 Å². The number of hydrogen-bond donors (Lipinski definition) is 14. The molecule has 0 radical (unpaired) electrons. The quantitative estimate of drug-likeness (QED) is 0.0235. The Labute approximate surface area is 589 Å². The van der Waals surface area contributed by atoms with Gasteiger partial charge in [-0.15, -0.1) is 0 Å². The van der Waals surface area contributed by atoms with Crippen LogP contribution in [0.2, 0.25) is 5.28 Å². The molecule has 3 saturated heterocycles. The second-order valence-corrected chi connectivity index (χ2v) is 38.1. The zero-order valence-electron chi connectivity index (χ0n) is 51.6. The molecule has 1 unspecified atom stereocenters. The van der Waals surface area contributed by atoms with Gasteiger partial charge in [-0.25, -0.2) is 29.9 Å². The molecule has 0 amide bonds. The maximum absolute atomic E-state index is 11.9. The first-order valence-corrected chi connectivity index (χ1v) is 41.3. The fourth-order valence-electron chi connectivity index (χ4n) is 10.7. The predicted molar refractivity (Wildman–Crippen MR) is 374 cm³/mol. The average Bonchev–Trinajstić information content (AvgIpc) is 1.76. The summed E-state index contributed by atoms with van der Waals surface area (Å²) in [5.74, 6) is -6.70. The van der Waals surface area contributed by atoms with Crippen LogP contribution in [0.3, 0.4) is 0 Å². The Morgan fingerprint density at radius 3 is 1.14 bits per heavy atom. The molecule has 530 valence electrons. The Kier molecular flexibility index (Phi) is 27.2. The topological polar surface area (TPSA) is 441 Å². The molecule has 6 aromatic carbocycles. The summed E-state index contributed by atoms with van der Waals surface area (Å²) in [6.07, 6.45) is -9.74. The lowest BCUT2D eigenvalue weighted by atomic mass is 10.0. The van der Waals surface area contributed by atoms with E-state index in [0.717, 1.165) is 38.7 Å². The van der Waals surface area contributed by atoms with Gasteiger partial charge in [-0.2, -0.15) is 0 Å². The maximum Gasteiger partial charge on any atom is 0.340 e. The fourth-order valence-corrected chi connectivity index (χ4v) is 22.4. The normalized spacial score (nSPS) is 23.6. The van der Waals surface area contributed by atoms with Gasteiger partial charge in [-0.3, -0.25) is 18.3 Å². The minimum atomic E-state index is -4.79. The molecule has 12 rings (SSSR count). The van der Waals surface area contributed by atoms with Crippen molar-refractivity contribution >= 4 is 134 Å². The van der Waals surface area contributed by atoms with Crippen LogP contribution in [0.25, 0.3) is 32.7 Å². The Hall–Kier alpha value is -5.49. The molecule has 3 aliphatic heterocycles. The molecule has 0 aliphatic carbocycles. The molecule has 3 aromatic heterocycles. The van der Waals surface area contributed by atoms with E-state index in [9.17, 15) is 64.0 Å². The van der Waals surface area contributed by atoms with Crippen molar-refractivity contribution in [2.45, 2.75) is 92.9 Å². The number of fused-ring (bicyclic) bond motifs is 3. The number of hydrogen-bond acceptors (Lipinski definition) is 25. The van der Waals surface area contributed by atoms with Crippen LogP contribution in [0.5, 0.6) is 0 Å². The van der Waals surface area contributed by atoms with E-state index in [1.165, 1.54) is 12.7 Å². The average molecular weight is 1540 g/mol. The van der Waals surface area contributed by atoms with Gasteiger partial charge in [-0.05, 0) is 126 Å². The summed E-state index contributed by atoms with van der Waals surface area (Å²) < 4.78 is 65.3. The van der Waals surface area contributed by atoms with Crippen molar-refractivity contribution in [2.75, 3.05) is 47.6 Å². The van der Waals surface area contributed by atoms with Crippen molar-refractivity contribution in [2.24, 2.45) is 0 Å². The number of aliphatic hydroxyl groups is 8. The molecule has 3 aliphatic rings. The first-order valence-electron chi connectivity index (χ1n) is 30.0. The third-order valence-electron chi connectivity index (χ3n) is 15.5. The van der Waals surface area contributed by atoms with Crippen LogP contribution >= 0.6 is 83.5 Å². The van der Waals surface area contributed by atoms with E-state index in [2.05, 4.69) is 45.9 Å². The standard InChI is InChI=1S/C21H25N3O9P2.C20H20ClN3O4.C20H21N3O4.CH2Cl4O2P2/c25-18-17(10-32-35(30,31)12-34(27,28)29)33-20(19(18)26)14-6-7-15-16(8-14)23-11-24-21(15)22-9-13-4-2-1-3-5-13;21-20-23-14-8-12(18-17(27)16(26)15(10-25)28-18)6-7-13(14)19(24-20)22-9-11-4-2-1-3-5-11;24-10-16-17(25)18(26)19(27-16)13-6-7-14-15(8-13)22-11-23-20(14)21-9-12-4-2-1-3-5-12;2-8(3,6)1-9(4,5)7/h1-8,11,17-20,25-26H,9-10,12H2,(H,30,31)(H,22,23,24)(H2,27,28,29);1-8,15-18,25-27H,9-10H2,(H,22,23,24);1-8,11,16-19,24-26H,9-10H2,(H,21,22,23);1H2/t17-,18-,19-,20+;15-,16-,17-,18+;16-,17-,18-,19+;/m111./s1. The molecule has 37 heteroatoms. The molecule has 14 N–H and O–H groups in total. The summed E-state index contributed by atoms with van der Waals surface area (Å²) >= 11 is 26.1. The smallest absolute Gasteiger partial charge is 0.340 e. The number of nitrogens with one attached hydrogen (secondary N) is 3. The van der Waals surface area contributed by atoms with Crippen LogP contribution in [0.4, 0.5) is 17.5 Å². The van der Waals surface area contributed by atoms with Crippen molar-refractivity contribution < 1.29 is 92.5 Å². The van der Waals surface area contributed by atoms with Crippen LogP contribution in [0.15, 0.2) is 158 Å². The molecule has 9 aromatic rings. The van der Waals surface area contributed by atoms with Crippen molar-refractivity contribution in [3.05, 3.63) is 197 Å². The monoisotopic (exact) mass is 1540 g/mol. The summed E-state index contributed by atoms with van der Waals surface area (Å²) in [6, 6.07) is 45.7. The zero-order chi connectivity index (χ0) is 71.4. The molecule has 6 heterocycles. The number of nitrogens with zero attached hydrogens (tertiary/aromatic N) is 6. The molecule has 0 spiro atoms. The third-order valence-corrected chi connectivity index (χ3v) is 25.6. The number of anilines is 3. The third kappa shape index (κ3) is 21.8. The number of aliphatic hydroxyl groups excluding tert-OH is 8. The van der Waals surface area contributed by atoms with Crippen LogP contribution in [0.1, 0.15) is 51.7 Å². The van der Waals surface area contributed by atoms with Gasteiger partial charge in [0.25, 0.3) is 11.7 Å². The number of ether oxygens (including phenoxy) is 3. The van der Waals surface area contributed by atoms with Gasteiger partial charge in [0.15, 0.2) is 5.90 Å². The van der Waals surface area contributed by atoms with E-state index in [-0.39, 0.29) is 18.5 Å². The van der Waals surface area contributed by atoms with Gasteiger partial charge >= 0.3 is 15.2 Å². The molecular weight excluding hydrogens is 1480 g/mol. The number of benzene rings is 6. The highest BCUT2D eigenvalue weighted by Gasteiger charge is 2.46. The molecule has 0 bridgehead atoms. The zero-order valence-corrected chi connectivity index (χ0v) is 59.0. The predicted octanol–water partition coefficient (Wildman–Crippen LogP) is 9.47. The van der Waals surface area contributed by atoms with Gasteiger partial charge in [0, 0.05) is 35.8 Å². The van der Waals surface area contributed by atoms with E-state index >= 15 is 0 Å². The molecule has 99 heavy (non-hydrogen) atoms. The molecule has 0 saturated carbocycles. The van der Waals surface area contributed by atoms with E-state index in [1.54, 1.807) is 30.3 Å². The molecule has 28 nitrogen and oxygen atoms in total. The Balaban J connectivity index is 0.000000164. The lowest BCUT2D eigenvalue weighted by molar-refractivity contribution is -0.0227. The highest BCUT2D eigenvalue weighted by molar-refractivity contribution is 8.21. The Morgan fingerprint density at radius 1 is 0.434 bits per heavy atom. The minimum absolute atomic E-state index is 0.0985. The Morgan fingerprint density at radius 2 is 0.788 bits per heavy atom. The first kappa shape index (κ1) is 77.7. The maximum atomic E-state index is 11.9.